The van der Waals surface area contributed by atoms with Gasteiger partial charge in [0.15, 0.2) is 0 Å². The van der Waals surface area contributed by atoms with E-state index in [0.29, 0.717) is 9.92 Å². The van der Waals surface area contributed by atoms with Gasteiger partial charge in [-0.25, -0.2) is 4.98 Å². The molecule has 1 aromatic heterocycles. The summed E-state index contributed by atoms with van der Waals surface area (Å²) in [5.74, 6) is 0. The summed E-state index contributed by atoms with van der Waals surface area (Å²) in [6, 6.07) is 5.08. The quantitative estimate of drug-likeness (QED) is 0.845. The van der Waals surface area contributed by atoms with Gasteiger partial charge in [-0.05, 0) is 18.2 Å². The highest BCUT2D eigenvalue weighted by Crippen LogP contribution is 2.35. The minimum absolute atomic E-state index is 0.354. The third kappa shape index (κ3) is 3.23. The molecular formula is C12H6F3N3S. The van der Waals surface area contributed by atoms with E-state index in [2.05, 4.69) is 9.97 Å². The number of halogens is 3. The molecule has 2 rings (SSSR count). The first-order valence-electron chi connectivity index (χ1n) is 5.06. The molecule has 96 valence electrons. The predicted octanol–water partition coefficient (Wildman–Crippen LogP) is 3.52. The molecule has 0 radical (unpaired) electrons. The van der Waals surface area contributed by atoms with Gasteiger partial charge in [-0.2, -0.15) is 18.4 Å². The topological polar surface area (TPSA) is 49.6 Å². The second-order valence-corrected chi connectivity index (χ2v) is 4.56. The van der Waals surface area contributed by atoms with Crippen LogP contribution in [-0.2, 0) is 6.18 Å². The lowest BCUT2D eigenvalue weighted by atomic mass is 10.1. The molecule has 0 fully saturated rings. The van der Waals surface area contributed by atoms with Crippen LogP contribution in [0.25, 0.3) is 0 Å². The summed E-state index contributed by atoms with van der Waals surface area (Å²) in [5.41, 5.74) is -1.33. The van der Waals surface area contributed by atoms with E-state index in [-0.39, 0.29) is 0 Å². The fraction of sp³-hybridized carbons (Fsp3) is 0.0833. The Morgan fingerprint density at radius 1 is 1.21 bits per heavy atom. The smallest absolute Gasteiger partial charge is 0.260 e. The fourth-order valence-corrected chi connectivity index (χ4v) is 2.16. The van der Waals surface area contributed by atoms with Crippen molar-refractivity contribution in [3.05, 3.63) is 47.9 Å². The van der Waals surface area contributed by atoms with Crippen molar-refractivity contribution in [1.82, 2.24) is 9.97 Å². The van der Waals surface area contributed by atoms with Crippen LogP contribution in [-0.4, -0.2) is 9.97 Å². The monoisotopic (exact) mass is 281 g/mol. The minimum Gasteiger partial charge on any atom is -0.260 e. The Hall–Kier alpha value is -2.07. The van der Waals surface area contributed by atoms with Crippen LogP contribution in [0.3, 0.4) is 0 Å². The highest BCUT2D eigenvalue weighted by Gasteiger charge is 2.33. The number of nitrogens with zero attached hydrogens (tertiary/aromatic N) is 3. The number of hydrogen-bond acceptors (Lipinski definition) is 4. The number of rotatable bonds is 2. The molecule has 0 aliphatic carbocycles. The van der Waals surface area contributed by atoms with Crippen LogP contribution in [0.15, 0.2) is 46.7 Å². The molecule has 0 saturated carbocycles. The summed E-state index contributed by atoms with van der Waals surface area (Å²) in [4.78, 5) is 8.14. The summed E-state index contributed by atoms with van der Waals surface area (Å²) >= 11 is 1.05. The first-order valence-corrected chi connectivity index (χ1v) is 5.87. The second kappa shape index (κ2) is 5.28. The van der Waals surface area contributed by atoms with Gasteiger partial charge in [0.2, 0.25) is 0 Å². The Kier molecular flexibility index (Phi) is 3.71. The predicted molar refractivity (Wildman–Crippen MR) is 62.3 cm³/mol. The molecule has 2 aromatic rings. The molecule has 0 atom stereocenters. The van der Waals surface area contributed by atoms with Crippen LogP contribution in [0.5, 0.6) is 0 Å². The van der Waals surface area contributed by atoms with E-state index in [9.17, 15) is 13.2 Å². The third-order valence-corrected chi connectivity index (χ3v) is 3.09. The van der Waals surface area contributed by atoms with Gasteiger partial charge in [0.05, 0.1) is 23.4 Å². The number of nitriles is 1. The molecule has 3 nitrogen and oxygen atoms in total. The molecule has 0 bridgehead atoms. The number of hydrogen-bond donors (Lipinski definition) is 0. The van der Waals surface area contributed by atoms with Crippen molar-refractivity contribution in [2.75, 3.05) is 0 Å². The van der Waals surface area contributed by atoms with Crippen LogP contribution in [0.4, 0.5) is 13.2 Å². The summed E-state index contributed by atoms with van der Waals surface area (Å²) in [5, 5.41) is 9.17. The zero-order chi connectivity index (χ0) is 13.9. The molecule has 7 heteroatoms. The summed E-state index contributed by atoms with van der Waals surface area (Å²) in [6.45, 7) is 0. The van der Waals surface area contributed by atoms with Gasteiger partial charge in [0.25, 0.3) is 0 Å². The van der Waals surface area contributed by atoms with E-state index in [1.807, 2.05) is 0 Å². The highest BCUT2D eigenvalue weighted by molar-refractivity contribution is 7.99. The van der Waals surface area contributed by atoms with Gasteiger partial charge in [-0.1, -0.05) is 11.8 Å². The van der Waals surface area contributed by atoms with E-state index < -0.39 is 17.3 Å². The third-order valence-electron chi connectivity index (χ3n) is 2.18. The van der Waals surface area contributed by atoms with Crippen LogP contribution >= 0.6 is 11.8 Å². The van der Waals surface area contributed by atoms with E-state index in [1.165, 1.54) is 30.7 Å². The molecule has 0 aliphatic heterocycles. The normalized spacial score (nSPS) is 11.1. The standard InChI is InChI=1S/C12H6F3N3S/c13-12(14,15)10-5-9(2-1-8(10)6-16)19-11-7-17-3-4-18-11/h1-5,7H. The SMILES string of the molecule is N#Cc1ccc(Sc2cnccn2)cc1C(F)(F)F. The summed E-state index contributed by atoms with van der Waals surface area (Å²) in [7, 11) is 0. The maximum Gasteiger partial charge on any atom is 0.417 e. The maximum absolute atomic E-state index is 12.8. The van der Waals surface area contributed by atoms with Crippen molar-refractivity contribution in [2.24, 2.45) is 0 Å². The Morgan fingerprint density at radius 2 is 2.00 bits per heavy atom. The molecule has 0 unspecified atom stereocenters. The van der Waals surface area contributed by atoms with Gasteiger partial charge < -0.3 is 0 Å². The van der Waals surface area contributed by atoms with Crippen molar-refractivity contribution in [3.63, 3.8) is 0 Å². The Morgan fingerprint density at radius 3 is 2.58 bits per heavy atom. The maximum atomic E-state index is 12.8. The Labute approximate surface area is 111 Å². The van der Waals surface area contributed by atoms with E-state index in [4.69, 9.17) is 5.26 Å². The van der Waals surface area contributed by atoms with Crippen molar-refractivity contribution in [2.45, 2.75) is 16.1 Å². The number of aromatic nitrogens is 2. The molecule has 0 spiro atoms. The van der Waals surface area contributed by atoms with Crippen molar-refractivity contribution in [1.29, 1.82) is 5.26 Å². The first-order chi connectivity index (χ1) is 9.00. The lowest BCUT2D eigenvalue weighted by molar-refractivity contribution is -0.137. The average Bonchev–Trinajstić information content (AvgIpc) is 2.39. The van der Waals surface area contributed by atoms with E-state index in [1.54, 1.807) is 0 Å². The molecule has 0 aliphatic rings. The molecule has 1 aromatic carbocycles. The van der Waals surface area contributed by atoms with Crippen LogP contribution in [0, 0.1) is 11.3 Å². The largest absolute Gasteiger partial charge is 0.417 e. The fourth-order valence-electron chi connectivity index (χ4n) is 1.38. The van der Waals surface area contributed by atoms with Gasteiger partial charge in [0.1, 0.15) is 5.03 Å². The molecular weight excluding hydrogens is 275 g/mol. The van der Waals surface area contributed by atoms with Gasteiger partial charge >= 0.3 is 6.18 Å². The zero-order valence-corrected chi connectivity index (χ0v) is 10.2. The van der Waals surface area contributed by atoms with Crippen LogP contribution in [0.1, 0.15) is 11.1 Å². The van der Waals surface area contributed by atoms with Crippen molar-refractivity contribution in [3.8, 4) is 6.07 Å². The summed E-state index contributed by atoms with van der Waals surface area (Å²) in [6.07, 6.45) is -0.166. The number of alkyl halides is 3. The lowest BCUT2D eigenvalue weighted by Gasteiger charge is -2.10. The molecule has 1 heterocycles. The minimum atomic E-state index is -4.55. The molecule has 0 saturated heterocycles. The van der Waals surface area contributed by atoms with Crippen molar-refractivity contribution < 1.29 is 13.2 Å². The second-order valence-electron chi connectivity index (χ2n) is 3.46. The Bertz CT molecular complexity index is 620. The van der Waals surface area contributed by atoms with Gasteiger partial charge in [0, 0.05) is 17.3 Å². The number of benzene rings is 1. The van der Waals surface area contributed by atoms with Gasteiger partial charge in [-0.3, -0.25) is 4.98 Å². The molecule has 19 heavy (non-hydrogen) atoms. The van der Waals surface area contributed by atoms with Crippen molar-refractivity contribution >= 4 is 11.8 Å². The molecule has 0 amide bonds. The average molecular weight is 281 g/mol. The summed E-state index contributed by atoms with van der Waals surface area (Å²) < 4.78 is 38.3. The van der Waals surface area contributed by atoms with Crippen LogP contribution in [0.2, 0.25) is 0 Å². The Balaban J connectivity index is 2.37. The highest BCUT2D eigenvalue weighted by atomic mass is 32.2. The lowest BCUT2D eigenvalue weighted by Crippen LogP contribution is -2.07. The first kappa shape index (κ1) is 13.4. The van der Waals surface area contributed by atoms with Crippen LogP contribution < -0.4 is 0 Å². The van der Waals surface area contributed by atoms with E-state index >= 15 is 0 Å². The van der Waals surface area contributed by atoms with E-state index in [0.717, 1.165) is 23.9 Å². The zero-order valence-electron chi connectivity index (χ0n) is 9.35. The van der Waals surface area contributed by atoms with Gasteiger partial charge in [-0.15, -0.1) is 0 Å². The molecule has 0 N–H and O–H groups in total.